The first kappa shape index (κ1) is 128. The van der Waals surface area contributed by atoms with Gasteiger partial charge in [0.05, 0.1) is 14.2 Å². The lowest BCUT2D eigenvalue weighted by atomic mass is 10.1. The zero-order valence-electron chi connectivity index (χ0n) is 55.3. The van der Waals surface area contributed by atoms with Crippen molar-refractivity contribution in [1.82, 2.24) is 19.6 Å². The maximum Gasteiger partial charge on any atom is 0.358 e. The summed E-state index contributed by atoms with van der Waals surface area (Å²) in [5.74, 6) is -0.338. The Balaban J connectivity index is 0.000000720. The molecule has 4 aromatic rings. The Morgan fingerprint density at radius 1 is 0.356 bits per heavy atom. The molecule has 79 heteroatoms. The first-order valence-corrected chi connectivity index (χ1v) is 150. The smallest absolute Gasteiger partial charge is 0.358 e. The van der Waals surface area contributed by atoms with Crippen molar-refractivity contribution in [3.05, 3.63) is 68.9 Å². The standard InChI is InChI=1S/C13H13BrN2O2.C12H11BrN2O3.H37P35.H35P33/c1-8(17)12-13(18-3)11(15-16(12)2)9-4-6-10(14)7-5-9;1-15-10(12(16)17)11(18-2)9(14-15)7-3-5-8(13)6-4-7;1-19-28(18)33(29(20(2)3)21(4)5)35(32(26(14)15)27(16)17)34(30(22(6)7)23(8)9)31(24(10)11)25(12)13;1-18-27(19(2)3)31(26(16)17)33(30(24(12)13)25(14)15)32(28(20(4)5)21(6)7)29(22(8)9)23(10)11/h4-7H,1-3H3;3-6H,1-2H3,(H,16,17);19H,1-18H2;18H,1-17H2. The fourth-order valence-corrected chi connectivity index (χ4v) is 918. The average Bonchev–Trinajstić information content (AvgIpc) is 1.12. The SMILES string of the molecule is COc1c(-c2ccc(Br)cc2)nn(C)c1C(=O)O.COc1c(-c2ccc(Br)cc2)nn(C)c1C(C)=O.PPP(P(P)P)P(P(P)P)P(P(P(P)P)P(P)P)P(P(P(P)P)P(P)P)P(P(P)P)P(P)P.PPP(P)P(P(P(P)P)P(P)P)P(P(P(P)P)P(P)P)P(P(P(P)P)P(P)P)P(P(P)P)P(P)P. The highest BCUT2D eigenvalue weighted by molar-refractivity contribution is 9.48. The predicted octanol–water partition coefficient (Wildman–Crippen LogP) is 44.9. The number of ether oxygens (including phenoxy) is 2. The van der Waals surface area contributed by atoms with Gasteiger partial charge in [0.25, 0.3) is 0 Å². The number of ketones is 1. The van der Waals surface area contributed by atoms with Gasteiger partial charge in [-0.25, -0.2) is 4.79 Å². The molecule has 0 radical (unpaired) electrons. The molecule has 104 heavy (non-hydrogen) atoms. The number of carboxylic acid groups (broad SMARTS) is 1. The summed E-state index contributed by atoms with van der Waals surface area (Å²) in [6.45, 7) is 0.561. The molecule has 9 nitrogen and oxygen atoms in total. The monoisotopic (exact) mass is 2800 g/mol. The highest BCUT2D eigenvalue weighted by atomic mass is 79.9. The van der Waals surface area contributed by atoms with E-state index in [-0.39, 0.29) is 234 Å². The van der Waals surface area contributed by atoms with Gasteiger partial charge >= 0.3 is 5.97 Å². The molecule has 600 valence electrons. The number of benzene rings is 2. The van der Waals surface area contributed by atoms with Crippen molar-refractivity contribution in [1.29, 1.82) is 0 Å². The van der Waals surface area contributed by atoms with Crippen molar-refractivity contribution < 1.29 is 24.2 Å². The molecule has 2 aromatic carbocycles. The molecule has 0 aliphatic carbocycles. The number of aromatic carboxylic acids is 1. The van der Waals surface area contributed by atoms with E-state index < -0.39 is 5.97 Å². The van der Waals surface area contributed by atoms with Crippen molar-refractivity contribution in [2.45, 2.75) is 6.92 Å². The van der Waals surface area contributed by atoms with Gasteiger partial charge in [-0.2, -0.15) is 10.2 Å². The normalized spacial score (nSPS) is 14.7. The molecule has 0 saturated carbocycles. The quantitative estimate of drug-likeness (QED) is 0.0354. The second kappa shape index (κ2) is 68.8. The Bertz CT molecular complexity index is 2910. The summed E-state index contributed by atoms with van der Waals surface area (Å²) in [4.78, 5) is 22.7. The maximum absolute atomic E-state index is 11.6. The van der Waals surface area contributed by atoms with Crippen LogP contribution in [0.2, 0.25) is 0 Å². The fraction of sp³-hybridized carbons (Fsp3) is 0.200. The van der Waals surface area contributed by atoms with Gasteiger partial charge in [-0.15, -0.1) is 312 Å². The average molecular weight is 2800 g/mol. The van der Waals surface area contributed by atoms with Gasteiger partial charge in [0, 0.05) is 41.1 Å². The van der Waals surface area contributed by atoms with Crippen LogP contribution in [-0.2, 0) is 14.1 Å². The lowest BCUT2D eigenvalue weighted by Gasteiger charge is -2.54. The zero-order valence-corrected chi connectivity index (χ0v) is 129. The van der Waals surface area contributed by atoms with Crippen LogP contribution in [0.5, 0.6) is 11.5 Å². The summed E-state index contributed by atoms with van der Waals surface area (Å²) >= 11 is 6.73. The van der Waals surface area contributed by atoms with Crippen molar-refractivity contribution >= 4 is 589 Å². The molecule has 43 atom stereocenters. The first-order valence-electron chi connectivity index (χ1n) is 25.9. The van der Waals surface area contributed by atoms with Gasteiger partial charge in [-0.3, -0.25) is 14.2 Å². The van der Waals surface area contributed by atoms with Crippen molar-refractivity contribution in [3.8, 4) is 34.0 Å². The molecule has 1 N–H and O–H groups in total. The molecule has 2 aromatic heterocycles. The van der Waals surface area contributed by atoms with E-state index in [2.05, 4.69) is 355 Å². The predicted molar refractivity (Wildman–Crippen MR) is 714 cm³/mol. The van der Waals surface area contributed by atoms with E-state index in [0.29, 0.717) is 22.8 Å². The molecular weight excluding hydrogens is 2700 g/mol. The summed E-state index contributed by atoms with van der Waals surface area (Å²) in [7, 11) is 125. The summed E-state index contributed by atoms with van der Waals surface area (Å²) in [6, 6.07) is 15.1. The third-order valence-electron chi connectivity index (χ3n) is 10.9. The molecule has 4 rings (SSSR count). The molecule has 0 spiro atoms. The number of carboxylic acids is 1. The van der Waals surface area contributed by atoms with Crippen LogP contribution in [0.3, 0.4) is 0 Å². The number of nitrogens with zero attached hydrogens (tertiary/aromatic N) is 4. The molecule has 0 fully saturated rings. The van der Waals surface area contributed by atoms with Crippen LogP contribution < -0.4 is 9.47 Å². The van der Waals surface area contributed by atoms with Crippen LogP contribution in [0.4, 0.5) is 0 Å². The number of rotatable bonds is 37. The third kappa shape index (κ3) is 43.3. The van der Waals surface area contributed by atoms with Crippen LogP contribution in [0, 0.1) is 0 Å². The maximum atomic E-state index is 11.6. The number of Topliss-reactive ketones (excluding diaryl/α,β-unsaturated/α-hetero) is 1. The molecule has 0 amide bonds. The number of methoxy groups -OCH3 is 2. The highest BCUT2D eigenvalue weighted by Gasteiger charge is 2.55. The van der Waals surface area contributed by atoms with Crippen molar-refractivity contribution in [2.75, 3.05) is 14.2 Å². The number of aromatic nitrogens is 4. The van der Waals surface area contributed by atoms with Gasteiger partial charge in [0.2, 0.25) is 0 Å². The van der Waals surface area contributed by atoms with Gasteiger partial charge in [0.15, 0.2) is 23.0 Å². The minimum Gasteiger partial charge on any atom is -0.492 e. The van der Waals surface area contributed by atoms with Crippen LogP contribution in [0.25, 0.3) is 22.5 Å². The second-order valence-electron chi connectivity index (χ2n) is 18.0. The van der Waals surface area contributed by atoms with E-state index in [1.54, 1.807) is 25.9 Å². The zero-order chi connectivity index (χ0) is 80.9. The number of aryl methyl sites for hydroxylation is 2. The van der Waals surface area contributed by atoms with Gasteiger partial charge in [0.1, 0.15) is 17.1 Å². The van der Waals surface area contributed by atoms with Crippen LogP contribution >= 0.6 is 577 Å². The first-order chi connectivity index (χ1) is 48.0. The van der Waals surface area contributed by atoms with Crippen LogP contribution in [0.15, 0.2) is 57.5 Å². The minimum atomic E-state index is -1.06. The third-order valence-corrected chi connectivity index (χ3v) is 467. The van der Waals surface area contributed by atoms with Gasteiger partial charge in [-0.05, 0) is 241 Å². The van der Waals surface area contributed by atoms with E-state index in [1.165, 1.54) is 18.7 Å². The molecule has 0 bridgehead atoms. The summed E-state index contributed by atoms with van der Waals surface area (Å²) in [5, 5.41) is 17.7. The number of carbonyl (C=O) groups excluding carboxylic acids is 1. The topological polar surface area (TPSA) is 108 Å². The summed E-state index contributed by atoms with van der Waals surface area (Å²) in [5.41, 5.74) is 3.43. The van der Waals surface area contributed by atoms with Crippen molar-refractivity contribution in [2.24, 2.45) is 14.1 Å². The van der Waals surface area contributed by atoms with E-state index in [4.69, 9.17) is 14.6 Å². The van der Waals surface area contributed by atoms with E-state index in [9.17, 15) is 9.59 Å². The largest absolute Gasteiger partial charge is 0.492 e. The lowest BCUT2D eigenvalue weighted by molar-refractivity contribution is 0.0681. The number of hydrogen-bond acceptors (Lipinski definition) is 6. The lowest BCUT2D eigenvalue weighted by Crippen LogP contribution is -2.06. The fourth-order valence-electron chi connectivity index (χ4n) is 7.37. The molecule has 0 saturated heterocycles. The van der Waals surface area contributed by atoms with E-state index in [1.807, 2.05) is 48.5 Å². The summed E-state index contributed by atoms with van der Waals surface area (Å²) < 4.78 is 15.3. The van der Waals surface area contributed by atoms with E-state index in [0.717, 1.165) is 36.0 Å². The van der Waals surface area contributed by atoms with Gasteiger partial charge < -0.3 is 14.6 Å². The Morgan fingerprint density at radius 2 is 0.577 bits per heavy atom. The van der Waals surface area contributed by atoms with Crippen molar-refractivity contribution in [3.63, 3.8) is 0 Å². The Labute approximate surface area is 759 Å². The van der Waals surface area contributed by atoms with Gasteiger partial charge in [-0.1, -0.05) is 72.0 Å². The van der Waals surface area contributed by atoms with Crippen LogP contribution in [0.1, 0.15) is 27.9 Å². The molecule has 2 heterocycles. The highest BCUT2D eigenvalue weighted by Crippen LogP contribution is 3.42. The minimum absolute atomic E-state index is 0.000784. The molecule has 43 unspecified atom stereocenters. The molecular formula is C25H96Br2N4O5P68. The second-order valence-corrected chi connectivity index (χ2v) is 292. The van der Waals surface area contributed by atoms with E-state index >= 15 is 0 Å². The Morgan fingerprint density at radius 3 is 0.779 bits per heavy atom. The Kier molecular flexibility index (Phi) is 84.6. The summed E-state index contributed by atoms with van der Waals surface area (Å²) in [6.07, 6.45) is 0. The molecule has 0 aliphatic rings. The number of carbonyl (C=O) groups is 2. The van der Waals surface area contributed by atoms with Crippen LogP contribution in [-0.4, -0.2) is 50.6 Å². The Hall–Kier alpha value is 25.8. The molecule has 0 aliphatic heterocycles. The number of hydrogen-bond donors (Lipinski definition) is 1. The number of halogens is 2.